The van der Waals surface area contributed by atoms with E-state index in [1.54, 1.807) is 0 Å². The Balaban J connectivity index is 2.92. The molecule has 68 valence electrons. The molecule has 0 aliphatic rings. The van der Waals surface area contributed by atoms with Crippen LogP contribution in [0, 0.1) is 0 Å². The molecule has 0 aromatic carbocycles. The summed E-state index contributed by atoms with van der Waals surface area (Å²) in [6, 6.07) is 0. The maximum atomic E-state index is 4.66. The van der Waals surface area contributed by atoms with Crippen molar-refractivity contribution in [3.8, 4) is 0 Å². The van der Waals surface area contributed by atoms with E-state index in [0.29, 0.717) is 0 Å². The third-order valence-corrected chi connectivity index (χ3v) is 5.40. The molecular weight excluding hydrogens is 182 g/mol. The van der Waals surface area contributed by atoms with Crippen LogP contribution in [0.3, 0.4) is 0 Å². The summed E-state index contributed by atoms with van der Waals surface area (Å²) < 4.78 is 1.39. The molecule has 0 amide bonds. The van der Waals surface area contributed by atoms with Gasteiger partial charge < -0.3 is 0 Å². The van der Waals surface area contributed by atoms with Crippen LogP contribution in [-0.4, -0.2) is 13.8 Å². The van der Waals surface area contributed by atoms with E-state index in [-0.39, 0.29) is 5.41 Å². The number of nitrogens with zero attached hydrogens (tertiary/aromatic N) is 1. The van der Waals surface area contributed by atoms with Gasteiger partial charge in [0.2, 0.25) is 0 Å². The van der Waals surface area contributed by atoms with Crippen LogP contribution >= 0.6 is 11.3 Å². The number of rotatable bonds is 1. The summed E-state index contributed by atoms with van der Waals surface area (Å²) in [5, 5.41) is 2.21. The number of hydrogen-bond donors (Lipinski definition) is 0. The second-order valence-electron chi connectivity index (χ2n) is 4.48. The minimum Gasteiger partial charge on any atom is -0.251 e. The molecule has 0 atom stereocenters. The van der Waals surface area contributed by atoms with Gasteiger partial charge in [-0.05, 0) is 0 Å². The predicted octanol–water partition coefficient (Wildman–Crippen LogP) is 2.13. The predicted molar refractivity (Wildman–Crippen MR) is 59.3 cm³/mol. The summed E-state index contributed by atoms with van der Waals surface area (Å²) in [7, 11) is -0.672. The molecule has 1 aromatic rings. The highest BCUT2D eigenvalue weighted by Crippen LogP contribution is 2.20. The molecule has 0 N–H and O–H groups in total. The summed E-state index contributed by atoms with van der Waals surface area (Å²) in [6.45, 7) is 11.3. The van der Waals surface area contributed by atoms with Crippen LogP contribution in [0.5, 0.6) is 0 Å². The minimum atomic E-state index is -0.672. The molecule has 0 bridgehead atoms. The van der Waals surface area contributed by atoms with Crippen LogP contribution in [0.15, 0.2) is 5.38 Å². The number of aromatic nitrogens is 1. The summed E-state index contributed by atoms with van der Waals surface area (Å²) in [5.41, 5.74) is 1.47. The van der Waals surface area contributed by atoms with Gasteiger partial charge in [0.15, 0.2) is 0 Å². The zero-order chi connectivity index (χ0) is 9.35. The molecule has 0 saturated heterocycles. The van der Waals surface area contributed by atoms with Gasteiger partial charge in [0.05, 0.1) is 10.3 Å². The van der Waals surface area contributed by atoms with Gasteiger partial charge in [0, 0.05) is 10.8 Å². The Morgan fingerprint density at radius 2 is 1.92 bits per heavy atom. The fraction of sp³-hybridized carbons (Fsp3) is 0.667. The number of hydrogen-bond acceptors (Lipinski definition) is 2. The molecule has 0 spiro atoms. The zero-order valence-electron chi connectivity index (χ0n) is 8.51. The Morgan fingerprint density at radius 3 is 2.17 bits per heavy atom. The molecule has 1 nitrogen and oxygen atoms in total. The van der Waals surface area contributed by atoms with Gasteiger partial charge in [-0.25, -0.2) is 0 Å². The molecule has 0 aliphatic carbocycles. The van der Waals surface area contributed by atoms with E-state index in [4.69, 9.17) is 0 Å². The van der Waals surface area contributed by atoms with Crippen LogP contribution < -0.4 is 4.63 Å². The van der Waals surface area contributed by atoms with Crippen LogP contribution in [0.2, 0.25) is 13.1 Å². The molecule has 0 aliphatic heterocycles. The van der Waals surface area contributed by atoms with Crippen molar-refractivity contribution in [2.24, 2.45) is 0 Å². The minimum absolute atomic E-state index is 0.220. The van der Waals surface area contributed by atoms with E-state index in [9.17, 15) is 0 Å². The van der Waals surface area contributed by atoms with E-state index in [1.165, 1.54) is 10.3 Å². The van der Waals surface area contributed by atoms with Gasteiger partial charge in [-0.2, -0.15) is 0 Å². The lowest BCUT2D eigenvalue weighted by Gasteiger charge is -2.14. The van der Waals surface area contributed by atoms with Gasteiger partial charge in [0.25, 0.3) is 0 Å². The van der Waals surface area contributed by atoms with E-state index in [1.807, 2.05) is 11.3 Å². The van der Waals surface area contributed by atoms with Crippen molar-refractivity contribution in [3.05, 3.63) is 11.1 Å². The third kappa shape index (κ3) is 2.17. The Hall–Kier alpha value is -0.153. The van der Waals surface area contributed by atoms with Crippen molar-refractivity contribution < 1.29 is 0 Å². The van der Waals surface area contributed by atoms with Crippen LogP contribution in [0.1, 0.15) is 26.5 Å². The molecule has 0 unspecified atom stereocenters. The second-order valence-corrected chi connectivity index (χ2v) is 8.64. The highest BCUT2D eigenvalue weighted by atomic mass is 32.1. The van der Waals surface area contributed by atoms with Crippen LogP contribution in [0.25, 0.3) is 0 Å². The first-order valence-electron chi connectivity index (χ1n) is 4.37. The van der Waals surface area contributed by atoms with Gasteiger partial charge in [-0.3, -0.25) is 4.98 Å². The van der Waals surface area contributed by atoms with E-state index < -0.39 is 8.80 Å². The smallest absolute Gasteiger partial charge is 0.101 e. The first-order valence-corrected chi connectivity index (χ1v) is 8.14. The standard InChI is InChI=1S/C9H17NSSi/c1-9(2,3)7-6-11-8(10-7)12(4)5/h6,12H,1-5H3. The lowest BCUT2D eigenvalue weighted by atomic mass is 9.93. The first-order chi connectivity index (χ1) is 5.41. The van der Waals surface area contributed by atoms with Gasteiger partial charge in [-0.15, -0.1) is 11.3 Å². The zero-order valence-corrected chi connectivity index (χ0v) is 10.5. The maximum absolute atomic E-state index is 4.66. The molecule has 0 fully saturated rings. The van der Waals surface area contributed by atoms with Gasteiger partial charge >= 0.3 is 0 Å². The molecule has 1 heterocycles. The fourth-order valence-corrected chi connectivity index (χ4v) is 3.38. The largest absolute Gasteiger partial charge is 0.251 e. The Kier molecular flexibility index (Phi) is 2.73. The molecule has 1 rings (SSSR count). The van der Waals surface area contributed by atoms with Gasteiger partial charge in [0.1, 0.15) is 8.80 Å². The third-order valence-electron chi connectivity index (χ3n) is 1.78. The highest BCUT2D eigenvalue weighted by molar-refractivity contribution is 7.21. The second kappa shape index (κ2) is 3.30. The van der Waals surface area contributed by atoms with E-state index in [2.05, 4.69) is 44.2 Å². The lowest BCUT2D eigenvalue weighted by Crippen LogP contribution is -2.23. The van der Waals surface area contributed by atoms with Crippen molar-refractivity contribution in [3.63, 3.8) is 0 Å². The average Bonchev–Trinajstić information content (AvgIpc) is 2.30. The van der Waals surface area contributed by atoms with E-state index >= 15 is 0 Å². The molecule has 0 saturated carbocycles. The van der Waals surface area contributed by atoms with Crippen molar-refractivity contribution in [2.75, 3.05) is 0 Å². The van der Waals surface area contributed by atoms with E-state index in [0.717, 1.165) is 0 Å². The number of thiazole rings is 1. The van der Waals surface area contributed by atoms with Crippen molar-refractivity contribution >= 4 is 24.8 Å². The SMILES string of the molecule is C[SiH](C)c1nc(C(C)(C)C)cs1. The molecule has 12 heavy (non-hydrogen) atoms. The average molecular weight is 199 g/mol. The van der Waals surface area contributed by atoms with Gasteiger partial charge in [-0.1, -0.05) is 33.9 Å². The van der Waals surface area contributed by atoms with Crippen molar-refractivity contribution in [1.29, 1.82) is 0 Å². The highest BCUT2D eigenvalue weighted by Gasteiger charge is 2.18. The summed E-state index contributed by atoms with van der Waals surface area (Å²) in [6.07, 6.45) is 0. The summed E-state index contributed by atoms with van der Waals surface area (Å²) in [5.74, 6) is 0. The monoisotopic (exact) mass is 199 g/mol. The van der Waals surface area contributed by atoms with Crippen molar-refractivity contribution in [2.45, 2.75) is 39.3 Å². The Morgan fingerprint density at radius 1 is 1.33 bits per heavy atom. The van der Waals surface area contributed by atoms with Crippen LogP contribution in [0.4, 0.5) is 0 Å². The summed E-state index contributed by atoms with van der Waals surface area (Å²) in [4.78, 5) is 4.66. The summed E-state index contributed by atoms with van der Waals surface area (Å²) >= 11 is 1.84. The van der Waals surface area contributed by atoms with Crippen LogP contribution in [-0.2, 0) is 5.41 Å². The van der Waals surface area contributed by atoms with Crippen molar-refractivity contribution in [1.82, 2.24) is 4.98 Å². The molecular formula is C9H17NSSi. The lowest BCUT2D eigenvalue weighted by molar-refractivity contribution is 0.574. The molecule has 1 aromatic heterocycles. The Labute approximate surface area is 80.5 Å². The topological polar surface area (TPSA) is 12.9 Å². The molecule has 0 radical (unpaired) electrons. The Bertz CT molecular complexity index is 260. The first kappa shape index (κ1) is 9.93. The molecule has 3 heteroatoms. The maximum Gasteiger partial charge on any atom is 0.101 e. The fourth-order valence-electron chi connectivity index (χ4n) is 0.897. The quantitative estimate of drug-likeness (QED) is 0.632. The normalized spacial score (nSPS) is 12.5.